The molecule has 5 nitrogen and oxygen atoms in total. The number of amides is 1. The number of aliphatic hydroxyl groups excluding tert-OH is 1. The van der Waals surface area contributed by atoms with Gasteiger partial charge in [-0.25, -0.2) is 4.79 Å². The van der Waals surface area contributed by atoms with E-state index in [1.165, 1.54) is 6.42 Å². The van der Waals surface area contributed by atoms with Gasteiger partial charge in [-0.3, -0.25) is 0 Å². The van der Waals surface area contributed by atoms with Gasteiger partial charge in [0.15, 0.2) is 6.10 Å². The Kier molecular flexibility index (Phi) is 4.97. The average Bonchev–Trinajstić information content (AvgIpc) is 2.17. The Morgan fingerprint density at radius 2 is 2.17 bits per heavy atom. The molecule has 0 aromatic rings. The molecule has 0 aromatic heterocycles. The Hall–Kier alpha value is -1.28. The summed E-state index contributed by atoms with van der Waals surface area (Å²) >= 11 is 0. The van der Waals surface area contributed by atoms with Gasteiger partial charge in [0, 0.05) is 0 Å². The van der Waals surface area contributed by atoms with Crippen LogP contribution in [0.1, 0.15) is 46.5 Å². The van der Waals surface area contributed by atoms with Gasteiger partial charge >= 0.3 is 6.09 Å². The SMILES string of the molecule is CC(C)(C)OC(=O)N[C@H](CC1CCC1)[C@H](O)C#N. The zero-order chi connectivity index (χ0) is 13.8. The van der Waals surface area contributed by atoms with Crippen molar-refractivity contribution < 1.29 is 14.6 Å². The lowest BCUT2D eigenvalue weighted by molar-refractivity contribution is 0.0432. The summed E-state index contributed by atoms with van der Waals surface area (Å²) in [4.78, 5) is 11.6. The zero-order valence-corrected chi connectivity index (χ0v) is 11.3. The summed E-state index contributed by atoms with van der Waals surface area (Å²) in [6.45, 7) is 5.32. The van der Waals surface area contributed by atoms with E-state index in [1.54, 1.807) is 26.8 Å². The van der Waals surface area contributed by atoms with E-state index in [0.29, 0.717) is 12.3 Å². The van der Waals surface area contributed by atoms with Crippen molar-refractivity contribution in [2.45, 2.75) is 64.2 Å². The molecule has 0 radical (unpaired) electrons. The molecular formula is C13H22N2O3. The molecule has 1 saturated carbocycles. The fourth-order valence-corrected chi connectivity index (χ4v) is 1.90. The highest BCUT2D eigenvalue weighted by atomic mass is 16.6. The van der Waals surface area contributed by atoms with Gasteiger partial charge in [0.2, 0.25) is 0 Å². The lowest BCUT2D eigenvalue weighted by Crippen LogP contribution is -2.46. The number of nitrogens with one attached hydrogen (secondary N) is 1. The Balaban J connectivity index is 2.49. The smallest absolute Gasteiger partial charge is 0.407 e. The molecule has 1 rings (SSSR count). The molecule has 1 aliphatic rings. The molecule has 18 heavy (non-hydrogen) atoms. The van der Waals surface area contributed by atoms with Gasteiger partial charge in [0.05, 0.1) is 12.1 Å². The molecule has 1 amide bonds. The molecular weight excluding hydrogens is 232 g/mol. The molecule has 5 heteroatoms. The summed E-state index contributed by atoms with van der Waals surface area (Å²) in [5.41, 5.74) is -0.581. The largest absolute Gasteiger partial charge is 0.444 e. The molecule has 2 atom stereocenters. The van der Waals surface area contributed by atoms with Crippen molar-refractivity contribution in [3.8, 4) is 6.07 Å². The standard InChI is InChI=1S/C13H22N2O3/c1-13(2,3)18-12(17)15-10(11(16)8-14)7-9-5-4-6-9/h9-11,16H,4-7H2,1-3H3,(H,15,17)/t10-,11-/m1/s1. The average molecular weight is 254 g/mol. The van der Waals surface area contributed by atoms with Crippen molar-refractivity contribution in [1.29, 1.82) is 5.26 Å². The highest BCUT2D eigenvalue weighted by molar-refractivity contribution is 5.68. The van der Waals surface area contributed by atoms with E-state index in [9.17, 15) is 9.90 Å². The number of rotatable bonds is 4. The number of hydrogen-bond donors (Lipinski definition) is 2. The van der Waals surface area contributed by atoms with Gasteiger partial charge in [0.25, 0.3) is 0 Å². The predicted molar refractivity (Wildman–Crippen MR) is 66.7 cm³/mol. The van der Waals surface area contributed by atoms with Crippen LogP contribution in [0, 0.1) is 17.2 Å². The summed E-state index contributed by atoms with van der Waals surface area (Å²) in [6.07, 6.45) is 2.26. The zero-order valence-electron chi connectivity index (χ0n) is 11.3. The van der Waals surface area contributed by atoms with Crippen LogP contribution in [0.3, 0.4) is 0 Å². The van der Waals surface area contributed by atoms with Crippen LogP contribution in [0.5, 0.6) is 0 Å². The molecule has 0 aromatic carbocycles. The van der Waals surface area contributed by atoms with Gasteiger partial charge in [-0.15, -0.1) is 0 Å². The highest BCUT2D eigenvalue weighted by Gasteiger charge is 2.29. The van der Waals surface area contributed by atoms with E-state index in [2.05, 4.69) is 5.32 Å². The molecule has 2 N–H and O–H groups in total. The Morgan fingerprint density at radius 3 is 2.56 bits per heavy atom. The normalized spacial score (nSPS) is 19.3. The third kappa shape index (κ3) is 4.92. The van der Waals surface area contributed by atoms with Crippen molar-refractivity contribution >= 4 is 6.09 Å². The van der Waals surface area contributed by atoms with E-state index >= 15 is 0 Å². The van der Waals surface area contributed by atoms with E-state index in [1.807, 2.05) is 0 Å². The van der Waals surface area contributed by atoms with Gasteiger partial charge in [-0.1, -0.05) is 19.3 Å². The lowest BCUT2D eigenvalue weighted by atomic mass is 9.80. The minimum absolute atomic E-state index is 0.493. The monoisotopic (exact) mass is 254 g/mol. The van der Waals surface area contributed by atoms with E-state index in [0.717, 1.165) is 12.8 Å². The van der Waals surface area contributed by atoms with Crippen LogP contribution in [-0.2, 0) is 4.74 Å². The maximum atomic E-state index is 11.6. The summed E-state index contributed by atoms with van der Waals surface area (Å²) in [6, 6.07) is 1.23. The molecule has 0 spiro atoms. The second-order valence-electron chi connectivity index (χ2n) is 5.86. The lowest BCUT2D eigenvalue weighted by Gasteiger charge is -2.31. The van der Waals surface area contributed by atoms with Crippen LogP contribution < -0.4 is 5.32 Å². The van der Waals surface area contributed by atoms with Gasteiger partial charge in [0.1, 0.15) is 5.60 Å². The molecule has 0 aliphatic heterocycles. The van der Waals surface area contributed by atoms with Crippen LogP contribution >= 0.6 is 0 Å². The molecule has 1 fully saturated rings. The second kappa shape index (κ2) is 6.05. The van der Waals surface area contributed by atoms with E-state index in [-0.39, 0.29) is 0 Å². The molecule has 0 heterocycles. The topological polar surface area (TPSA) is 82.3 Å². The Bertz CT molecular complexity index is 326. The summed E-state index contributed by atoms with van der Waals surface area (Å²) in [5, 5.41) is 21.0. The molecule has 1 aliphatic carbocycles. The van der Waals surface area contributed by atoms with Crippen molar-refractivity contribution in [3.05, 3.63) is 0 Å². The number of carbonyl (C=O) groups excluding carboxylic acids is 1. The minimum atomic E-state index is -1.18. The molecule has 102 valence electrons. The maximum absolute atomic E-state index is 11.6. The molecule has 0 bridgehead atoms. The van der Waals surface area contributed by atoms with E-state index in [4.69, 9.17) is 10.00 Å². The number of nitrogens with zero attached hydrogens (tertiary/aromatic N) is 1. The third-order valence-corrected chi connectivity index (χ3v) is 3.03. The number of nitriles is 1. The quantitative estimate of drug-likeness (QED) is 0.751. The van der Waals surface area contributed by atoms with Crippen LogP contribution in [-0.4, -0.2) is 28.9 Å². The fraction of sp³-hybridized carbons (Fsp3) is 0.846. The van der Waals surface area contributed by atoms with Crippen LogP contribution in [0.4, 0.5) is 4.79 Å². The maximum Gasteiger partial charge on any atom is 0.407 e. The van der Waals surface area contributed by atoms with Gasteiger partial charge < -0.3 is 15.2 Å². The number of carbonyl (C=O) groups is 1. The van der Waals surface area contributed by atoms with Crippen LogP contribution in [0.25, 0.3) is 0 Å². The van der Waals surface area contributed by atoms with Crippen molar-refractivity contribution in [2.75, 3.05) is 0 Å². The third-order valence-electron chi connectivity index (χ3n) is 3.03. The molecule has 0 unspecified atom stereocenters. The number of hydrogen-bond acceptors (Lipinski definition) is 4. The number of ether oxygens (including phenoxy) is 1. The predicted octanol–water partition coefficient (Wildman–Crippen LogP) is 1.95. The first-order chi connectivity index (χ1) is 8.31. The first-order valence-electron chi connectivity index (χ1n) is 6.39. The van der Waals surface area contributed by atoms with Crippen LogP contribution in [0.2, 0.25) is 0 Å². The first kappa shape index (κ1) is 14.8. The Labute approximate surface area is 108 Å². The van der Waals surface area contributed by atoms with Crippen molar-refractivity contribution in [1.82, 2.24) is 5.32 Å². The van der Waals surface area contributed by atoms with E-state index < -0.39 is 23.8 Å². The number of alkyl carbamates (subject to hydrolysis) is 1. The summed E-state index contributed by atoms with van der Waals surface area (Å²) in [5.74, 6) is 0.493. The highest BCUT2D eigenvalue weighted by Crippen LogP contribution is 2.31. The van der Waals surface area contributed by atoms with Crippen molar-refractivity contribution in [3.63, 3.8) is 0 Å². The van der Waals surface area contributed by atoms with Gasteiger partial charge in [-0.05, 0) is 33.1 Å². The fourth-order valence-electron chi connectivity index (χ4n) is 1.90. The second-order valence-corrected chi connectivity index (χ2v) is 5.86. The number of aliphatic hydroxyl groups is 1. The van der Waals surface area contributed by atoms with Crippen LogP contribution in [0.15, 0.2) is 0 Å². The van der Waals surface area contributed by atoms with Gasteiger partial charge in [-0.2, -0.15) is 5.26 Å². The Morgan fingerprint density at radius 1 is 1.56 bits per heavy atom. The van der Waals surface area contributed by atoms with Crippen molar-refractivity contribution in [2.24, 2.45) is 5.92 Å². The summed E-state index contributed by atoms with van der Waals surface area (Å²) in [7, 11) is 0. The molecule has 0 saturated heterocycles. The first-order valence-corrected chi connectivity index (χ1v) is 6.39. The summed E-state index contributed by atoms with van der Waals surface area (Å²) < 4.78 is 5.13. The minimum Gasteiger partial charge on any atom is -0.444 e.